The molecule has 1 heterocycles. The monoisotopic (exact) mass is 502 g/mol. The van der Waals surface area contributed by atoms with Crippen molar-refractivity contribution in [1.82, 2.24) is 15.5 Å². The van der Waals surface area contributed by atoms with Gasteiger partial charge in [0.25, 0.3) is 0 Å². The second-order valence-corrected chi connectivity index (χ2v) is 7.39. The molecule has 28 heavy (non-hydrogen) atoms. The lowest BCUT2D eigenvalue weighted by Gasteiger charge is -2.17. The fraction of sp³-hybridized carbons (Fsp3) is 0.682. The van der Waals surface area contributed by atoms with Crippen molar-refractivity contribution in [3.63, 3.8) is 0 Å². The lowest BCUT2D eigenvalue weighted by molar-refractivity contribution is 0.129. The zero-order valence-corrected chi connectivity index (χ0v) is 20.0. The molecule has 0 bridgehead atoms. The first-order valence-electron chi connectivity index (χ1n) is 10.6. The topological polar surface area (TPSA) is 48.9 Å². The van der Waals surface area contributed by atoms with Gasteiger partial charge in [-0.15, -0.1) is 24.0 Å². The first-order chi connectivity index (χ1) is 13.3. The summed E-state index contributed by atoms with van der Waals surface area (Å²) < 4.78 is 5.59. The smallest absolute Gasteiger partial charge is 0.190 e. The third-order valence-corrected chi connectivity index (χ3v) is 5.11. The number of unbranched alkanes of at least 4 members (excludes halogenated alkanes) is 1. The van der Waals surface area contributed by atoms with E-state index in [-0.39, 0.29) is 24.0 Å². The summed E-state index contributed by atoms with van der Waals surface area (Å²) in [4.78, 5) is 6.92. The molecule has 1 aromatic rings. The number of nitrogens with one attached hydrogen (secondary N) is 2. The quantitative estimate of drug-likeness (QED) is 0.199. The maximum atomic E-state index is 5.59. The van der Waals surface area contributed by atoms with Crippen LogP contribution in [0.4, 0.5) is 0 Å². The molecule has 0 spiro atoms. The molecular formula is C22H39IN4O. The molecule has 1 fully saturated rings. The molecule has 1 aliphatic heterocycles. The number of benzene rings is 1. The molecule has 1 aliphatic rings. The van der Waals surface area contributed by atoms with E-state index in [1.165, 1.54) is 31.5 Å². The number of rotatable bonds is 12. The van der Waals surface area contributed by atoms with Crippen molar-refractivity contribution in [3.05, 3.63) is 35.9 Å². The Morgan fingerprint density at radius 1 is 1.18 bits per heavy atom. The van der Waals surface area contributed by atoms with E-state index in [0.717, 1.165) is 58.1 Å². The molecule has 0 saturated carbocycles. The van der Waals surface area contributed by atoms with Crippen molar-refractivity contribution in [2.75, 3.05) is 53.0 Å². The molecule has 0 radical (unpaired) electrons. The molecule has 2 N–H and O–H groups in total. The summed E-state index contributed by atoms with van der Waals surface area (Å²) in [5.74, 6) is 1.61. The summed E-state index contributed by atoms with van der Waals surface area (Å²) in [5, 5.41) is 6.88. The van der Waals surface area contributed by atoms with Crippen LogP contribution < -0.4 is 10.6 Å². The SMILES string of the molecule is CCCCOCCCNC(=NC)NCC1CCN(CCc2ccccc2)C1.I. The highest BCUT2D eigenvalue weighted by Crippen LogP contribution is 2.15. The summed E-state index contributed by atoms with van der Waals surface area (Å²) >= 11 is 0. The van der Waals surface area contributed by atoms with Gasteiger partial charge in [0.05, 0.1) is 0 Å². The van der Waals surface area contributed by atoms with Crippen LogP contribution in [0.1, 0.15) is 38.2 Å². The lowest BCUT2D eigenvalue weighted by Crippen LogP contribution is -2.40. The largest absolute Gasteiger partial charge is 0.381 e. The third-order valence-electron chi connectivity index (χ3n) is 5.11. The number of hydrogen-bond donors (Lipinski definition) is 2. The van der Waals surface area contributed by atoms with Gasteiger partial charge in [0.1, 0.15) is 0 Å². The van der Waals surface area contributed by atoms with Crippen molar-refractivity contribution in [2.24, 2.45) is 10.9 Å². The first kappa shape index (κ1) is 25.2. The summed E-state index contributed by atoms with van der Waals surface area (Å²) in [5.41, 5.74) is 1.43. The highest BCUT2D eigenvalue weighted by atomic mass is 127. The minimum atomic E-state index is 0. The minimum absolute atomic E-state index is 0. The summed E-state index contributed by atoms with van der Waals surface area (Å²) in [6.45, 7) is 9.34. The van der Waals surface area contributed by atoms with Crippen LogP contribution in [0.15, 0.2) is 35.3 Å². The van der Waals surface area contributed by atoms with Gasteiger partial charge in [0.2, 0.25) is 0 Å². The van der Waals surface area contributed by atoms with E-state index >= 15 is 0 Å². The van der Waals surface area contributed by atoms with Gasteiger partial charge in [-0.3, -0.25) is 4.99 Å². The van der Waals surface area contributed by atoms with Gasteiger partial charge in [-0.1, -0.05) is 43.7 Å². The Labute approximate surface area is 188 Å². The Balaban J connectivity index is 0.00000392. The van der Waals surface area contributed by atoms with Gasteiger partial charge >= 0.3 is 0 Å². The van der Waals surface area contributed by atoms with Crippen molar-refractivity contribution in [3.8, 4) is 0 Å². The summed E-state index contributed by atoms with van der Waals surface area (Å²) in [6, 6.07) is 10.8. The van der Waals surface area contributed by atoms with Crippen molar-refractivity contribution < 1.29 is 4.74 Å². The fourth-order valence-electron chi connectivity index (χ4n) is 3.41. The van der Waals surface area contributed by atoms with Crippen LogP contribution in [0.3, 0.4) is 0 Å². The van der Waals surface area contributed by atoms with E-state index in [0.29, 0.717) is 5.92 Å². The van der Waals surface area contributed by atoms with Crippen molar-refractivity contribution in [1.29, 1.82) is 0 Å². The van der Waals surface area contributed by atoms with Crippen molar-refractivity contribution >= 4 is 29.9 Å². The Hall–Kier alpha value is -0.860. The molecule has 5 nitrogen and oxygen atoms in total. The van der Waals surface area contributed by atoms with Gasteiger partial charge in [0.15, 0.2) is 5.96 Å². The molecule has 0 aromatic heterocycles. The van der Waals surface area contributed by atoms with E-state index in [2.05, 4.69) is 57.8 Å². The van der Waals surface area contributed by atoms with Gasteiger partial charge in [0, 0.05) is 46.4 Å². The maximum Gasteiger partial charge on any atom is 0.190 e. The van der Waals surface area contributed by atoms with Crippen LogP contribution in [0.2, 0.25) is 0 Å². The number of hydrogen-bond acceptors (Lipinski definition) is 3. The van der Waals surface area contributed by atoms with Crippen LogP contribution in [0, 0.1) is 5.92 Å². The van der Waals surface area contributed by atoms with Crippen LogP contribution in [0.5, 0.6) is 0 Å². The number of ether oxygens (including phenoxy) is 1. The number of aliphatic imine (C=N–C) groups is 1. The molecule has 6 heteroatoms. The van der Waals surface area contributed by atoms with Crippen LogP contribution in [0.25, 0.3) is 0 Å². The number of guanidine groups is 1. The number of halogens is 1. The molecule has 1 unspecified atom stereocenters. The summed E-state index contributed by atoms with van der Waals surface area (Å²) in [6.07, 6.45) is 5.77. The normalized spacial score (nSPS) is 17.4. The second kappa shape index (κ2) is 16.0. The van der Waals surface area contributed by atoms with Gasteiger partial charge in [-0.2, -0.15) is 0 Å². The predicted molar refractivity (Wildman–Crippen MR) is 130 cm³/mol. The Morgan fingerprint density at radius 3 is 2.71 bits per heavy atom. The van der Waals surface area contributed by atoms with Crippen LogP contribution >= 0.6 is 24.0 Å². The molecule has 0 amide bonds. The molecule has 160 valence electrons. The third kappa shape index (κ3) is 10.6. The molecule has 2 rings (SSSR count). The number of likely N-dealkylation sites (tertiary alicyclic amines) is 1. The molecular weight excluding hydrogens is 463 g/mol. The summed E-state index contributed by atoms with van der Waals surface area (Å²) in [7, 11) is 1.84. The van der Waals surface area contributed by atoms with E-state index in [9.17, 15) is 0 Å². The average molecular weight is 502 g/mol. The molecule has 1 saturated heterocycles. The van der Waals surface area contributed by atoms with E-state index in [1.54, 1.807) is 0 Å². The first-order valence-corrected chi connectivity index (χ1v) is 10.6. The van der Waals surface area contributed by atoms with Gasteiger partial charge in [-0.05, 0) is 43.7 Å². The van der Waals surface area contributed by atoms with E-state index in [1.807, 2.05) is 7.05 Å². The molecule has 1 aromatic carbocycles. The van der Waals surface area contributed by atoms with Gasteiger partial charge in [-0.25, -0.2) is 0 Å². The predicted octanol–water partition coefficient (Wildman–Crippen LogP) is 3.54. The zero-order chi connectivity index (χ0) is 19.2. The fourth-order valence-corrected chi connectivity index (χ4v) is 3.41. The highest BCUT2D eigenvalue weighted by molar-refractivity contribution is 14.0. The maximum absolute atomic E-state index is 5.59. The van der Waals surface area contributed by atoms with Gasteiger partial charge < -0.3 is 20.3 Å². The number of nitrogens with zero attached hydrogens (tertiary/aromatic N) is 2. The molecule has 1 atom stereocenters. The Kier molecular flexibility index (Phi) is 14.4. The average Bonchev–Trinajstić information content (AvgIpc) is 3.16. The van der Waals surface area contributed by atoms with Crippen LogP contribution in [-0.4, -0.2) is 63.8 Å². The Bertz CT molecular complexity index is 527. The zero-order valence-electron chi connectivity index (χ0n) is 17.7. The lowest BCUT2D eigenvalue weighted by atomic mass is 10.1. The molecule has 0 aliphatic carbocycles. The van der Waals surface area contributed by atoms with Crippen molar-refractivity contribution in [2.45, 2.75) is 39.0 Å². The second-order valence-electron chi connectivity index (χ2n) is 7.39. The minimum Gasteiger partial charge on any atom is -0.381 e. The Morgan fingerprint density at radius 2 is 1.96 bits per heavy atom. The van der Waals surface area contributed by atoms with Crippen LogP contribution in [-0.2, 0) is 11.2 Å². The highest BCUT2D eigenvalue weighted by Gasteiger charge is 2.22. The standard InChI is InChI=1S/C22H38N4O.HI/c1-3-4-16-27-17-8-13-24-22(23-2)25-18-21-12-15-26(19-21)14-11-20-9-6-5-7-10-20;/h5-7,9-10,21H,3-4,8,11-19H2,1-2H3,(H2,23,24,25);1H. The van der Waals surface area contributed by atoms with E-state index < -0.39 is 0 Å². The van der Waals surface area contributed by atoms with E-state index in [4.69, 9.17) is 4.74 Å².